The zero-order chi connectivity index (χ0) is 21.5. The van der Waals surface area contributed by atoms with E-state index in [0.717, 1.165) is 29.4 Å². The maximum atomic E-state index is 12.3. The lowest BCUT2D eigenvalue weighted by atomic mass is 10.1. The van der Waals surface area contributed by atoms with Gasteiger partial charge < -0.3 is 19.2 Å². The molecule has 0 radical (unpaired) electrons. The second-order valence-electron chi connectivity index (χ2n) is 6.85. The van der Waals surface area contributed by atoms with E-state index in [1.165, 1.54) is 19.1 Å². The van der Waals surface area contributed by atoms with E-state index in [0.29, 0.717) is 5.58 Å². The minimum Gasteiger partial charge on any atom is -0.445 e. The number of carbonyl (C=O) groups excluding carboxylic acids is 2. The van der Waals surface area contributed by atoms with E-state index in [9.17, 15) is 14.4 Å². The SMILES string of the molecule is CCCc1cc(=O)oc2cc(OC(=O)[C@H](C)NC(=O)OCc3ccccc3)ccc12. The minimum atomic E-state index is -0.928. The van der Waals surface area contributed by atoms with Gasteiger partial charge in [-0.3, -0.25) is 0 Å². The number of rotatable bonds is 7. The molecule has 0 saturated carbocycles. The topological polar surface area (TPSA) is 94.8 Å². The normalized spacial score (nSPS) is 11.7. The molecule has 0 fully saturated rings. The number of benzene rings is 2. The Morgan fingerprint density at radius 1 is 1.10 bits per heavy atom. The molecule has 3 rings (SSSR count). The lowest BCUT2D eigenvalue weighted by Crippen LogP contribution is -2.41. The van der Waals surface area contributed by atoms with Gasteiger partial charge in [-0.05, 0) is 36.6 Å². The molecule has 30 heavy (non-hydrogen) atoms. The fourth-order valence-corrected chi connectivity index (χ4v) is 2.95. The lowest BCUT2D eigenvalue weighted by Gasteiger charge is -2.14. The van der Waals surface area contributed by atoms with Gasteiger partial charge in [0.25, 0.3) is 0 Å². The third-order valence-electron chi connectivity index (χ3n) is 4.44. The number of ether oxygens (including phenoxy) is 2. The molecule has 7 heteroatoms. The molecule has 0 aliphatic carbocycles. The van der Waals surface area contributed by atoms with Crippen LogP contribution in [0.4, 0.5) is 4.79 Å². The maximum Gasteiger partial charge on any atom is 0.408 e. The number of aryl methyl sites for hydroxylation is 1. The molecule has 7 nitrogen and oxygen atoms in total. The third-order valence-corrected chi connectivity index (χ3v) is 4.44. The van der Waals surface area contributed by atoms with Crippen molar-refractivity contribution in [1.82, 2.24) is 5.32 Å². The first kappa shape index (κ1) is 21.1. The lowest BCUT2D eigenvalue weighted by molar-refractivity contribution is -0.136. The van der Waals surface area contributed by atoms with Gasteiger partial charge >= 0.3 is 17.7 Å². The van der Waals surface area contributed by atoms with Gasteiger partial charge in [-0.25, -0.2) is 14.4 Å². The zero-order valence-electron chi connectivity index (χ0n) is 16.8. The van der Waals surface area contributed by atoms with Gasteiger partial charge in [0.1, 0.15) is 24.0 Å². The molecule has 0 saturated heterocycles. The summed E-state index contributed by atoms with van der Waals surface area (Å²) >= 11 is 0. The first-order chi connectivity index (χ1) is 14.5. The highest BCUT2D eigenvalue weighted by Crippen LogP contribution is 2.23. The molecule has 0 unspecified atom stereocenters. The van der Waals surface area contributed by atoms with Crippen LogP contribution >= 0.6 is 0 Å². The van der Waals surface area contributed by atoms with Gasteiger partial charge in [0.05, 0.1) is 0 Å². The molecular weight excluding hydrogens is 386 g/mol. The van der Waals surface area contributed by atoms with Crippen molar-refractivity contribution in [2.75, 3.05) is 0 Å². The number of hydrogen-bond acceptors (Lipinski definition) is 6. The Morgan fingerprint density at radius 3 is 2.60 bits per heavy atom. The van der Waals surface area contributed by atoms with Gasteiger partial charge in [0.2, 0.25) is 0 Å². The van der Waals surface area contributed by atoms with E-state index in [1.807, 2.05) is 37.3 Å². The van der Waals surface area contributed by atoms with Crippen LogP contribution in [0.15, 0.2) is 63.8 Å². The van der Waals surface area contributed by atoms with E-state index in [-0.39, 0.29) is 12.4 Å². The smallest absolute Gasteiger partial charge is 0.408 e. The number of alkyl carbamates (subject to hydrolysis) is 1. The summed E-state index contributed by atoms with van der Waals surface area (Å²) < 4.78 is 15.6. The van der Waals surface area contributed by atoms with E-state index in [2.05, 4.69) is 5.32 Å². The molecule has 0 bridgehead atoms. The van der Waals surface area contributed by atoms with E-state index in [4.69, 9.17) is 13.9 Å². The number of fused-ring (bicyclic) bond motifs is 1. The fourth-order valence-electron chi connectivity index (χ4n) is 2.95. The van der Waals surface area contributed by atoms with Gasteiger partial charge in [-0.15, -0.1) is 0 Å². The Labute approximate surface area is 173 Å². The van der Waals surface area contributed by atoms with E-state index in [1.54, 1.807) is 12.1 Å². The summed E-state index contributed by atoms with van der Waals surface area (Å²) in [4.78, 5) is 36.0. The van der Waals surface area contributed by atoms with Gasteiger partial charge in [0.15, 0.2) is 0 Å². The monoisotopic (exact) mass is 409 g/mol. The van der Waals surface area contributed by atoms with Crippen LogP contribution in [0.3, 0.4) is 0 Å². The Balaban J connectivity index is 1.61. The van der Waals surface area contributed by atoms with Crippen LogP contribution in [0.25, 0.3) is 11.0 Å². The molecular formula is C23H23NO6. The van der Waals surface area contributed by atoms with Gasteiger partial charge in [0, 0.05) is 17.5 Å². The summed E-state index contributed by atoms with van der Waals surface area (Å²) in [6.07, 6.45) is 0.906. The molecule has 2 aromatic carbocycles. The number of nitrogens with one attached hydrogen (secondary N) is 1. The van der Waals surface area contributed by atoms with Crippen LogP contribution in [0.5, 0.6) is 5.75 Å². The highest BCUT2D eigenvalue weighted by molar-refractivity contribution is 5.85. The summed E-state index contributed by atoms with van der Waals surface area (Å²) in [5, 5.41) is 3.23. The van der Waals surface area contributed by atoms with Crippen molar-refractivity contribution < 1.29 is 23.5 Å². The first-order valence-electron chi connectivity index (χ1n) is 9.72. The number of esters is 1. The van der Waals surface area contributed by atoms with Crippen LogP contribution in [0.2, 0.25) is 0 Å². The number of amides is 1. The molecule has 1 atom stereocenters. The second kappa shape index (κ2) is 9.73. The largest absolute Gasteiger partial charge is 0.445 e. The number of carbonyl (C=O) groups is 2. The molecule has 1 amide bonds. The highest BCUT2D eigenvalue weighted by atomic mass is 16.6. The standard InChI is InChI=1S/C23H23NO6/c1-3-7-17-12-21(25)30-20-13-18(10-11-19(17)20)29-22(26)15(2)24-23(27)28-14-16-8-5-4-6-9-16/h4-6,8-13,15H,3,7,14H2,1-2H3,(H,24,27)/t15-/m0/s1. The molecule has 1 N–H and O–H groups in total. The van der Waals surface area contributed by atoms with E-state index >= 15 is 0 Å². The summed E-state index contributed by atoms with van der Waals surface area (Å²) in [6.45, 7) is 3.61. The maximum absolute atomic E-state index is 12.3. The van der Waals surface area contributed by atoms with Crippen molar-refractivity contribution in [3.8, 4) is 5.75 Å². The Hall–Kier alpha value is -3.61. The van der Waals surface area contributed by atoms with Crippen molar-refractivity contribution in [1.29, 1.82) is 0 Å². The zero-order valence-corrected chi connectivity index (χ0v) is 16.8. The predicted molar refractivity (Wildman–Crippen MR) is 111 cm³/mol. The van der Waals surface area contributed by atoms with Crippen LogP contribution in [0, 0.1) is 0 Å². The molecule has 0 spiro atoms. The third kappa shape index (κ3) is 5.47. The average molecular weight is 409 g/mol. The van der Waals surface area contributed by atoms with E-state index < -0.39 is 23.7 Å². The van der Waals surface area contributed by atoms with Crippen molar-refractivity contribution in [2.45, 2.75) is 39.3 Å². The Bertz CT molecular complexity index is 1090. The first-order valence-corrected chi connectivity index (χ1v) is 9.72. The minimum absolute atomic E-state index is 0.0955. The fraction of sp³-hybridized carbons (Fsp3) is 0.261. The molecule has 156 valence electrons. The Kier molecular flexibility index (Phi) is 6.85. The summed E-state index contributed by atoms with van der Waals surface area (Å²) in [6, 6.07) is 14.6. The number of hydrogen-bond donors (Lipinski definition) is 1. The quantitative estimate of drug-likeness (QED) is 0.360. The molecule has 1 heterocycles. The molecule has 1 aromatic heterocycles. The van der Waals surface area contributed by atoms with Crippen LogP contribution in [0.1, 0.15) is 31.4 Å². The van der Waals surface area contributed by atoms with Crippen LogP contribution < -0.4 is 15.7 Å². The molecule has 0 aliphatic heterocycles. The highest BCUT2D eigenvalue weighted by Gasteiger charge is 2.19. The average Bonchev–Trinajstić information content (AvgIpc) is 2.73. The van der Waals surface area contributed by atoms with Crippen LogP contribution in [-0.4, -0.2) is 18.1 Å². The van der Waals surface area contributed by atoms with Crippen molar-refractivity contribution in [3.05, 3.63) is 76.1 Å². The van der Waals surface area contributed by atoms with Crippen molar-refractivity contribution in [3.63, 3.8) is 0 Å². The summed E-state index contributed by atoms with van der Waals surface area (Å²) in [7, 11) is 0. The van der Waals surface area contributed by atoms with Crippen molar-refractivity contribution in [2.24, 2.45) is 0 Å². The predicted octanol–water partition coefficient (Wildman–Crippen LogP) is 3.97. The van der Waals surface area contributed by atoms with Crippen molar-refractivity contribution >= 4 is 23.0 Å². The second-order valence-corrected chi connectivity index (χ2v) is 6.85. The molecule has 3 aromatic rings. The summed E-state index contributed by atoms with van der Waals surface area (Å²) in [5.74, 6) is -0.450. The Morgan fingerprint density at radius 2 is 1.87 bits per heavy atom. The van der Waals surface area contributed by atoms with Gasteiger partial charge in [-0.2, -0.15) is 0 Å². The summed E-state index contributed by atoms with van der Waals surface area (Å²) in [5.41, 5.74) is 1.62. The van der Waals surface area contributed by atoms with Gasteiger partial charge in [-0.1, -0.05) is 43.7 Å². The molecule has 0 aliphatic rings. The van der Waals surface area contributed by atoms with Crippen LogP contribution in [-0.2, 0) is 22.6 Å².